The Morgan fingerprint density at radius 2 is 2.58 bits per heavy atom. The summed E-state index contributed by atoms with van der Waals surface area (Å²) in [6.45, 7) is 2.38. The molecule has 2 rings (SSSR count). The largest absolute Gasteiger partial charge is 0.370 e. The number of ether oxygens (including phenoxy) is 1. The second kappa shape index (κ2) is 3.53. The molecule has 0 saturated carbocycles. The van der Waals surface area contributed by atoms with Crippen LogP contribution in [0.15, 0.2) is 17.5 Å². The summed E-state index contributed by atoms with van der Waals surface area (Å²) in [7, 11) is 0. The first-order valence-electron chi connectivity index (χ1n) is 4.01. The highest BCUT2D eigenvalue weighted by Gasteiger charge is 2.20. The van der Waals surface area contributed by atoms with Gasteiger partial charge in [-0.05, 0) is 11.4 Å². The molecule has 2 heterocycles. The van der Waals surface area contributed by atoms with E-state index < -0.39 is 0 Å². The molecule has 66 valence electrons. The van der Waals surface area contributed by atoms with Crippen molar-refractivity contribution in [1.29, 1.82) is 0 Å². The van der Waals surface area contributed by atoms with Gasteiger partial charge in [0, 0.05) is 18.0 Å². The van der Waals surface area contributed by atoms with Crippen molar-refractivity contribution in [2.45, 2.75) is 6.10 Å². The van der Waals surface area contributed by atoms with Gasteiger partial charge in [0.1, 0.15) is 6.10 Å². The SMILES string of the molecule is NN1CCOC(c2cccs2)C1. The molecule has 1 unspecified atom stereocenters. The lowest BCUT2D eigenvalue weighted by Gasteiger charge is -2.28. The molecule has 0 radical (unpaired) electrons. The van der Waals surface area contributed by atoms with Crippen molar-refractivity contribution >= 4 is 11.3 Å². The first-order chi connectivity index (χ1) is 5.86. The van der Waals surface area contributed by atoms with Gasteiger partial charge in [0.2, 0.25) is 0 Å². The van der Waals surface area contributed by atoms with Crippen LogP contribution in [-0.2, 0) is 4.74 Å². The summed E-state index contributed by atoms with van der Waals surface area (Å²) in [6, 6.07) is 4.13. The third kappa shape index (κ3) is 1.67. The molecule has 1 aromatic rings. The third-order valence-corrected chi connectivity index (χ3v) is 2.92. The number of rotatable bonds is 1. The minimum Gasteiger partial charge on any atom is -0.370 e. The molecule has 0 amide bonds. The highest BCUT2D eigenvalue weighted by Crippen LogP contribution is 2.24. The molecule has 1 aromatic heterocycles. The summed E-state index contributed by atoms with van der Waals surface area (Å²) >= 11 is 1.72. The maximum absolute atomic E-state index is 5.69. The highest BCUT2D eigenvalue weighted by molar-refractivity contribution is 7.10. The molecule has 1 saturated heterocycles. The van der Waals surface area contributed by atoms with Crippen LogP contribution in [-0.4, -0.2) is 24.7 Å². The summed E-state index contributed by atoms with van der Waals surface area (Å²) in [6.07, 6.45) is 0.184. The first-order valence-corrected chi connectivity index (χ1v) is 4.89. The van der Waals surface area contributed by atoms with Gasteiger partial charge in [0.05, 0.1) is 6.61 Å². The van der Waals surface area contributed by atoms with Crippen LogP contribution in [0, 0.1) is 0 Å². The van der Waals surface area contributed by atoms with Crippen LogP contribution in [0.2, 0.25) is 0 Å². The maximum atomic E-state index is 5.69. The van der Waals surface area contributed by atoms with Crippen LogP contribution >= 0.6 is 11.3 Å². The topological polar surface area (TPSA) is 38.5 Å². The lowest BCUT2D eigenvalue weighted by Crippen LogP contribution is -2.42. The van der Waals surface area contributed by atoms with Crippen molar-refractivity contribution in [2.75, 3.05) is 19.7 Å². The zero-order valence-corrected chi connectivity index (χ0v) is 7.59. The Morgan fingerprint density at radius 1 is 1.67 bits per heavy atom. The van der Waals surface area contributed by atoms with E-state index in [0.29, 0.717) is 0 Å². The van der Waals surface area contributed by atoms with Gasteiger partial charge in [0.15, 0.2) is 0 Å². The van der Waals surface area contributed by atoms with Crippen molar-refractivity contribution in [3.8, 4) is 0 Å². The van der Waals surface area contributed by atoms with Crippen molar-refractivity contribution in [1.82, 2.24) is 5.01 Å². The van der Waals surface area contributed by atoms with Crippen LogP contribution in [0.25, 0.3) is 0 Å². The zero-order chi connectivity index (χ0) is 8.39. The van der Waals surface area contributed by atoms with Gasteiger partial charge in [-0.3, -0.25) is 5.84 Å². The Balaban J connectivity index is 2.04. The van der Waals surface area contributed by atoms with E-state index in [9.17, 15) is 0 Å². The Morgan fingerprint density at radius 3 is 3.25 bits per heavy atom. The van der Waals surface area contributed by atoms with Crippen LogP contribution in [0.1, 0.15) is 11.0 Å². The van der Waals surface area contributed by atoms with Gasteiger partial charge in [0.25, 0.3) is 0 Å². The smallest absolute Gasteiger partial charge is 0.106 e. The molecule has 0 aromatic carbocycles. The Hall–Kier alpha value is -0.420. The molecule has 0 aliphatic carbocycles. The lowest BCUT2D eigenvalue weighted by molar-refractivity contribution is -0.0286. The summed E-state index contributed by atoms with van der Waals surface area (Å²) < 4.78 is 5.58. The second-order valence-corrected chi connectivity index (χ2v) is 3.85. The number of morpholine rings is 1. The van der Waals surface area contributed by atoms with E-state index in [1.807, 2.05) is 11.1 Å². The van der Waals surface area contributed by atoms with Gasteiger partial charge in [-0.15, -0.1) is 11.3 Å². The van der Waals surface area contributed by atoms with Crippen LogP contribution in [0.3, 0.4) is 0 Å². The molecule has 2 N–H and O–H groups in total. The van der Waals surface area contributed by atoms with Gasteiger partial charge in [-0.1, -0.05) is 6.07 Å². The first kappa shape index (κ1) is 8.19. The van der Waals surface area contributed by atoms with Crippen molar-refractivity contribution in [2.24, 2.45) is 5.84 Å². The van der Waals surface area contributed by atoms with E-state index in [4.69, 9.17) is 10.6 Å². The summed E-state index contributed by atoms with van der Waals surface area (Å²) in [5.74, 6) is 5.69. The molecule has 1 atom stereocenters. The Bertz CT molecular complexity index is 237. The molecule has 1 aliphatic heterocycles. The van der Waals surface area contributed by atoms with E-state index in [-0.39, 0.29) is 6.10 Å². The lowest BCUT2D eigenvalue weighted by atomic mass is 10.2. The maximum Gasteiger partial charge on any atom is 0.106 e. The quantitative estimate of drug-likeness (QED) is 0.662. The number of hydrogen-bond donors (Lipinski definition) is 1. The van der Waals surface area contributed by atoms with E-state index in [0.717, 1.165) is 19.7 Å². The normalized spacial score (nSPS) is 25.9. The molecule has 4 heteroatoms. The number of nitrogens with two attached hydrogens (primary N) is 1. The van der Waals surface area contributed by atoms with Crippen molar-refractivity contribution in [3.05, 3.63) is 22.4 Å². The summed E-state index contributed by atoms with van der Waals surface area (Å²) in [5.41, 5.74) is 0. The summed E-state index contributed by atoms with van der Waals surface area (Å²) in [4.78, 5) is 1.27. The molecular formula is C8H12N2OS. The molecular weight excluding hydrogens is 172 g/mol. The Kier molecular flexibility index (Phi) is 2.41. The molecule has 1 aliphatic rings. The highest BCUT2D eigenvalue weighted by atomic mass is 32.1. The standard InChI is InChI=1S/C8H12N2OS/c9-10-3-4-11-7(6-10)8-2-1-5-12-8/h1-2,5,7H,3-4,6,9H2. The number of nitrogens with zero attached hydrogens (tertiary/aromatic N) is 1. The van der Waals surface area contributed by atoms with E-state index in [2.05, 4.69) is 11.4 Å². The van der Waals surface area contributed by atoms with Crippen LogP contribution in [0.5, 0.6) is 0 Å². The second-order valence-electron chi connectivity index (χ2n) is 2.87. The minimum atomic E-state index is 0.184. The average Bonchev–Trinajstić information content (AvgIpc) is 2.56. The van der Waals surface area contributed by atoms with Gasteiger partial charge < -0.3 is 4.74 Å². The predicted molar refractivity (Wildman–Crippen MR) is 48.8 cm³/mol. The minimum absolute atomic E-state index is 0.184. The average molecular weight is 184 g/mol. The third-order valence-electron chi connectivity index (χ3n) is 1.96. The fourth-order valence-electron chi connectivity index (χ4n) is 1.32. The van der Waals surface area contributed by atoms with E-state index in [1.54, 1.807) is 11.3 Å². The van der Waals surface area contributed by atoms with Gasteiger partial charge >= 0.3 is 0 Å². The molecule has 3 nitrogen and oxygen atoms in total. The number of hydrogen-bond acceptors (Lipinski definition) is 4. The molecule has 1 fully saturated rings. The number of hydrazine groups is 1. The van der Waals surface area contributed by atoms with Crippen LogP contribution in [0.4, 0.5) is 0 Å². The van der Waals surface area contributed by atoms with Gasteiger partial charge in [-0.25, -0.2) is 5.01 Å². The molecule has 0 spiro atoms. The van der Waals surface area contributed by atoms with Crippen molar-refractivity contribution < 1.29 is 4.74 Å². The fourth-order valence-corrected chi connectivity index (χ4v) is 2.08. The fraction of sp³-hybridized carbons (Fsp3) is 0.500. The monoisotopic (exact) mass is 184 g/mol. The zero-order valence-electron chi connectivity index (χ0n) is 6.77. The van der Waals surface area contributed by atoms with Crippen LogP contribution < -0.4 is 5.84 Å². The van der Waals surface area contributed by atoms with Crippen molar-refractivity contribution in [3.63, 3.8) is 0 Å². The van der Waals surface area contributed by atoms with E-state index in [1.165, 1.54) is 4.88 Å². The molecule has 0 bridgehead atoms. The molecule has 12 heavy (non-hydrogen) atoms. The Labute approximate surface area is 75.7 Å². The number of thiophene rings is 1. The van der Waals surface area contributed by atoms with Gasteiger partial charge in [-0.2, -0.15) is 0 Å². The summed E-state index contributed by atoms with van der Waals surface area (Å²) in [5, 5.41) is 3.88. The predicted octanol–water partition coefficient (Wildman–Crippen LogP) is 0.995. The van der Waals surface area contributed by atoms with E-state index >= 15 is 0 Å².